The molecule has 700 valence electrons. The standard InChI is InChI=1S/C73H55NS.C70H51NS/c1-71(2)63-38-49(44-14-8-7-9-15-44)22-29-55(63)58-32-26-52(41-66(58)71)74(53-27-33-59-56-30-23-50(39-64(56)72(3,4)67(59)42-53)47-21-20-45-16-10-11-17-46(45)36-47)54-28-34-60-57-31-24-51(40-65(57)73(5,6)68(60)43-54)48-25-35-70-62(37-48)61-18-12-13-19-69(61)75-70;1-69(2)63-40-52(44-12-6-5-7-13-44)26-33-57(63)59-35-31-55(42-65(59)69)71(54-29-24-47(25-30-54)46-18-20-48(21-19-46)51-28-37-68-62(39-51)61-16-10-11-17-67(61)72-68)56-32-36-60-58-34-27-53(41-64(58)70(3,4)66(60)43-56)50-23-22-45-14-8-9-15-49(45)38-50/h7-43H,1-6H3;5-43H,1-4H3. The minimum Gasteiger partial charge on any atom is -0.310 e. The lowest BCUT2D eigenvalue weighted by Gasteiger charge is -2.31. The molecule has 0 N–H and O–H groups in total. The largest absolute Gasteiger partial charge is 0.310 e. The fraction of sp³-hybridized carbons (Fsp3) is 0.105. The predicted octanol–water partition coefficient (Wildman–Crippen LogP) is 40.6. The monoisotopic (exact) mass is 1910 g/mol. The van der Waals surface area contributed by atoms with Crippen LogP contribution in [0, 0.1) is 0 Å². The summed E-state index contributed by atoms with van der Waals surface area (Å²) in [6.45, 7) is 24.1. The van der Waals surface area contributed by atoms with Crippen LogP contribution in [-0.4, -0.2) is 0 Å². The van der Waals surface area contributed by atoms with Gasteiger partial charge in [-0.15, -0.1) is 22.7 Å². The van der Waals surface area contributed by atoms with Crippen molar-refractivity contribution in [1.29, 1.82) is 0 Å². The Labute approximate surface area is 868 Å². The zero-order valence-corrected chi connectivity index (χ0v) is 85.7. The highest BCUT2D eigenvalue weighted by atomic mass is 32.1. The lowest BCUT2D eigenvalue weighted by Crippen LogP contribution is -2.19. The van der Waals surface area contributed by atoms with Gasteiger partial charge < -0.3 is 9.80 Å². The lowest BCUT2D eigenvalue weighted by atomic mass is 9.80. The van der Waals surface area contributed by atoms with E-state index in [1.165, 1.54) is 251 Å². The summed E-state index contributed by atoms with van der Waals surface area (Å²) in [5.41, 5.74) is 50.1. The van der Waals surface area contributed by atoms with Gasteiger partial charge in [0.25, 0.3) is 0 Å². The SMILES string of the molecule is CC1(C)c2cc(-c3ccccc3)ccc2-c2ccc(N(c3ccc(-c4ccc(-c5ccc6sc7ccccc7c6c5)cc4)cc3)c3ccc4c(c3)C(C)(C)c3cc(-c5ccc6ccccc6c5)ccc3-4)cc21.CC1(C)c2cc(-c3ccccc3)ccc2-c2ccc(N(c3ccc4c(c3)C(C)(C)c3cc(-c5ccc6ccccc6c5)ccc3-4)c3ccc4c(c3)C(C)(C)c3cc(-c5ccc6sc7ccccc7c6c5)ccc3-4)cc21. The van der Waals surface area contributed by atoms with E-state index in [-0.39, 0.29) is 27.1 Å². The molecule has 147 heavy (non-hydrogen) atoms. The number of rotatable bonds is 13. The molecule has 5 aliphatic carbocycles. The highest BCUT2D eigenvalue weighted by molar-refractivity contribution is 7.26. The maximum absolute atomic E-state index is 2.54. The molecule has 0 saturated heterocycles. The van der Waals surface area contributed by atoms with E-state index in [2.05, 4.69) is 540 Å². The van der Waals surface area contributed by atoms with Crippen molar-refractivity contribution in [3.05, 3.63) is 517 Å². The molecule has 29 rings (SSSR count). The number of hydrogen-bond donors (Lipinski definition) is 0. The van der Waals surface area contributed by atoms with Gasteiger partial charge in [0.15, 0.2) is 0 Å². The Kier molecular flexibility index (Phi) is 19.9. The van der Waals surface area contributed by atoms with E-state index >= 15 is 0 Å². The second-order valence-corrected chi connectivity index (χ2v) is 46.0. The van der Waals surface area contributed by atoms with Crippen LogP contribution in [0.3, 0.4) is 0 Å². The molecule has 0 amide bonds. The van der Waals surface area contributed by atoms with E-state index in [0.29, 0.717) is 0 Å². The first kappa shape index (κ1) is 88.1. The molecule has 22 aromatic carbocycles. The number of anilines is 6. The maximum atomic E-state index is 2.54. The third kappa shape index (κ3) is 14.1. The van der Waals surface area contributed by atoms with E-state index < -0.39 is 0 Å². The van der Waals surface area contributed by atoms with Crippen LogP contribution in [0.25, 0.3) is 195 Å². The van der Waals surface area contributed by atoms with Gasteiger partial charge in [-0.25, -0.2) is 0 Å². The van der Waals surface area contributed by atoms with E-state index in [9.17, 15) is 0 Å². The van der Waals surface area contributed by atoms with Crippen molar-refractivity contribution in [2.75, 3.05) is 9.80 Å². The summed E-state index contributed by atoms with van der Waals surface area (Å²) in [5, 5.41) is 10.4. The molecule has 4 heteroatoms. The van der Waals surface area contributed by atoms with Crippen LogP contribution in [0.15, 0.2) is 461 Å². The molecule has 0 spiro atoms. The van der Waals surface area contributed by atoms with Gasteiger partial charge in [0, 0.05) is 102 Å². The van der Waals surface area contributed by atoms with Crippen molar-refractivity contribution >= 4 is 119 Å². The zero-order chi connectivity index (χ0) is 98.8. The molecule has 0 atom stereocenters. The summed E-state index contributed by atoms with van der Waals surface area (Å²) in [5.74, 6) is 0. The van der Waals surface area contributed by atoms with Crippen LogP contribution >= 0.6 is 22.7 Å². The maximum Gasteiger partial charge on any atom is 0.0465 e. The Morgan fingerprint density at radius 2 is 0.333 bits per heavy atom. The third-order valence-corrected chi connectivity index (χ3v) is 36.0. The molecule has 0 radical (unpaired) electrons. The topological polar surface area (TPSA) is 6.48 Å². The Hall–Kier alpha value is -16.6. The highest BCUT2D eigenvalue weighted by Gasteiger charge is 2.44. The van der Waals surface area contributed by atoms with Gasteiger partial charge in [0.2, 0.25) is 0 Å². The number of hydrogen-bond acceptors (Lipinski definition) is 4. The van der Waals surface area contributed by atoms with Gasteiger partial charge in [0.1, 0.15) is 0 Å². The molecular weight excluding hydrogens is 1810 g/mol. The fourth-order valence-electron chi connectivity index (χ4n) is 25.6. The summed E-state index contributed by atoms with van der Waals surface area (Å²) in [4.78, 5) is 5.02. The van der Waals surface area contributed by atoms with Crippen molar-refractivity contribution in [3.8, 4) is 134 Å². The van der Waals surface area contributed by atoms with Gasteiger partial charge in [-0.3, -0.25) is 0 Å². The molecule has 0 aliphatic heterocycles. The first-order valence-electron chi connectivity index (χ1n) is 51.8. The molecule has 24 aromatic rings. The van der Waals surface area contributed by atoms with Crippen LogP contribution in [0.4, 0.5) is 34.1 Å². The van der Waals surface area contributed by atoms with Gasteiger partial charge in [-0.2, -0.15) is 0 Å². The third-order valence-electron chi connectivity index (χ3n) is 33.7. The van der Waals surface area contributed by atoms with Crippen LogP contribution in [0.1, 0.15) is 125 Å². The molecule has 2 heterocycles. The first-order chi connectivity index (χ1) is 71.5. The van der Waals surface area contributed by atoms with Crippen molar-refractivity contribution in [2.24, 2.45) is 0 Å². The molecular formula is C143H106N2S2. The van der Waals surface area contributed by atoms with E-state index in [1.807, 2.05) is 22.7 Å². The average Bonchev–Trinajstić information content (AvgIpc) is 1.57. The second-order valence-electron chi connectivity index (χ2n) is 43.8. The molecule has 5 aliphatic rings. The van der Waals surface area contributed by atoms with Crippen LogP contribution in [0.5, 0.6) is 0 Å². The minimum atomic E-state index is -0.232. The normalized spacial score (nSPS) is 14.3. The van der Waals surface area contributed by atoms with E-state index in [4.69, 9.17) is 0 Å². The molecule has 2 aromatic heterocycles. The van der Waals surface area contributed by atoms with Crippen molar-refractivity contribution in [1.82, 2.24) is 0 Å². The second kappa shape index (κ2) is 33.2. The smallest absolute Gasteiger partial charge is 0.0465 e. The molecule has 0 bridgehead atoms. The van der Waals surface area contributed by atoms with Gasteiger partial charge in [0.05, 0.1) is 0 Å². The minimum absolute atomic E-state index is 0.194. The predicted molar refractivity (Wildman–Crippen MR) is 629 cm³/mol. The summed E-state index contributed by atoms with van der Waals surface area (Å²) in [6.07, 6.45) is 0. The zero-order valence-electron chi connectivity index (χ0n) is 84.1. The number of thiophene rings is 2. The van der Waals surface area contributed by atoms with Gasteiger partial charge in [-0.1, -0.05) is 379 Å². The molecule has 0 saturated carbocycles. The van der Waals surface area contributed by atoms with Crippen molar-refractivity contribution in [3.63, 3.8) is 0 Å². The highest BCUT2D eigenvalue weighted by Crippen LogP contribution is 2.60. The van der Waals surface area contributed by atoms with Gasteiger partial charge >= 0.3 is 0 Å². The summed E-state index contributed by atoms with van der Waals surface area (Å²) in [7, 11) is 0. The number of nitrogens with zero attached hydrogens (tertiary/aromatic N) is 2. The number of benzene rings is 22. The Morgan fingerprint density at radius 3 is 0.660 bits per heavy atom. The molecule has 2 nitrogen and oxygen atoms in total. The van der Waals surface area contributed by atoms with Crippen molar-refractivity contribution < 1.29 is 0 Å². The van der Waals surface area contributed by atoms with E-state index in [0.717, 1.165) is 34.1 Å². The van der Waals surface area contributed by atoms with Crippen molar-refractivity contribution in [2.45, 2.75) is 96.3 Å². The van der Waals surface area contributed by atoms with E-state index in [1.54, 1.807) is 0 Å². The fourth-order valence-corrected chi connectivity index (χ4v) is 27.8. The first-order valence-corrected chi connectivity index (χ1v) is 53.4. The Balaban J connectivity index is 0.000000142. The van der Waals surface area contributed by atoms with Crippen LogP contribution in [0.2, 0.25) is 0 Å². The summed E-state index contributed by atoms with van der Waals surface area (Å²) < 4.78 is 5.34. The lowest BCUT2D eigenvalue weighted by molar-refractivity contribution is 0.659. The molecule has 0 fully saturated rings. The van der Waals surface area contributed by atoms with Crippen LogP contribution in [-0.2, 0) is 27.1 Å². The molecule has 0 unspecified atom stereocenters. The summed E-state index contributed by atoms with van der Waals surface area (Å²) in [6, 6.07) is 174. The Bertz CT molecular complexity index is 9630. The summed E-state index contributed by atoms with van der Waals surface area (Å²) >= 11 is 3.74. The Morgan fingerprint density at radius 1 is 0.136 bits per heavy atom. The number of fused-ring (bicyclic) bond motifs is 23. The van der Waals surface area contributed by atoms with Gasteiger partial charge in [-0.05, 0) is 362 Å². The quantitative estimate of drug-likeness (QED) is 0.114. The van der Waals surface area contributed by atoms with Crippen LogP contribution < -0.4 is 9.80 Å². The average molecular weight is 1920 g/mol.